The Morgan fingerprint density at radius 2 is 2.22 bits per heavy atom. The summed E-state index contributed by atoms with van der Waals surface area (Å²) in [5, 5.41) is 19.6. The summed E-state index contributed by atoms with van der Waals surface area (Å²) in [6.45, 7) is 2.63. The summed E-state index contributed by atoms with van der Waals surface area (Å²) in [6.07, 6.45) is 7.32. The molecule has 1 saturated carbocycles. The van der Waals surface area contributed by atoms with Crippen LogP contribution in [0.3, 0.4) is 0 Å². The Labute approximate surface area is 136 Å². The monoisotopic (exact) mass is 313 g/mol. The normalized spacial score (nSPS) is 30.9. The molecule has 3 unspecified atom stereocenters. The molecule has 23 heavy (non-hydrogen) atoms. The molecule has 0 aromatic carbocycles. The number of amides is 1. The van der Waals surface area contributed by atoms with Crippen LogP contribution in [0, 0.1) is 17.2 Å². The van der Waals surface area contributed by atoms with Gasteiger partial charge in [-0.05, 0) is 44.7 Å². The first kappa shape index (κ1) is 15.9. The number of nitriles is 1. The van der Waals surface area contributed by atoms with Crippen molar-refractivity contribution in [3.05, 3.63) is 29.6 Å². The fourth-order valence-electron chi connectivity index (χ4n) is 4.15. The van der Waals surface area contributed by atoms with E-state index < -0.39 is 5.60 Å². The molecule has 5 nitrogen and oxygen atoms in total. The van der Waals surface area contributed by atoms with E-state index in [2.05, 4.69) is 4.98 Å². The minimum absolute atomic E-state index is 0.0848. The van der Waals surface area contributed by atoms with Crippen LogP contribution in [0.2, 0.25) is 0 Å². The standard InChI is InChI=1S/C18H23N3O2/c1-18(23)9-3-2-5-14(18)16-6-4-10-21(16)17(22)15-8-7-13(11-19)12-20-15/h7-8,12,14,16,23H,2-6,9-10H2,1H3. The quantitative estimate of drug-likeness (QED) is 0.910. The summed E-state index contributed by atoms with van der Waals surface area (Å²) in [6, 6.07) is 5.35. The maximum absolute atomic E-state index is 12.8. The van der Waals surface area contributed by atoms with Gasteiger partial charge in [0.05, 0.1) is 11.2 Å². The number of carbonyl (C=O) groups is 1. The summed E-state index contributed by atoms with van der Waals surface area (Å²) >= 11 is 0. The summed E-state index contributed by atoms with van der Waals surface area (Å²) in [5.41, 5.74) is 0.144. The third kappa shape index (κ3) is 3.09. The van der Waals surface area contributed by atoms with Crippen LogP contribution in [-0.2, 0) is 0 Å². The number of aromatic nitrogens is 1. The Morgan fingerprint density at radius 1 is 1.39 bits per heavy atom. The lowest BCUT2D eigenvalue weighted by molar-refractivity contribution is -0.0578. The predicted molar refractivity (Wildman–Crippen MR) is 85.6 cm³/mol. The second kappa shape index (κ2) is 6.29. The van der Waals surface area contributed by atoms with E-state index in [0.717, 1.165) is 45.1 Å². The Kier molecular flexibility index (Phi) is 4.36. The molecular formula is C18H23N3O2. The average Bonchev–Trinajstić information content (AvgIpc) is 3.03. The van der Waals surface area contributed by atoms with Crippen LogP contribution in [0.1, 0.15) is 61.5 Å². The fourth-order valence-corrected chi connectivity index (χ4v) is 4.15. The number of hydrogen-bond donors (Lipinski definition) is 1. The molecule has 1 N–H and O–H groups in total. The second-order valence-electron chi connectivity index (χ2n) is 6.96. The molecule has 2 fully saturated rings. The summed E-state index contributed by atoms with van der Waals surface area (Å²) < 4.78 is 0. The Morgan fingerprint density at radius 3 is 2.87 bits per heavy atom. The molecule has 5 heteroatoms. The van der Waals surface area contributed by atoms with Crippen LogP contribution >= 0.6 is 0 Å². The highest BCUT2D eigenvalue weighted by Crippen LogP contribution is 2.40. The minimum Gasteiger partial charge on any atom is -0.390 e. The molecule has 1 aliphatic carbocycles. The lowest BCUT2D eigenvalue weighted by atomic mass is 9.72. The summed E-state index contributed by atoms with van der Waals surface area (Å²) in [5.74, 6) is 0.0550. The van der Waals surface area contributed by atoms with E-state index in [1.807, 2.05) is 17.9 Å². The smallest absolute Gasteiger partial charge is 0.272 e. The van der Waals surface area contributed by atoms with Gasteiger partial charge in [0.1, 0.15) is 11.8 Å². The molecular weight excluding hydrogens is 290 g/mol. The molecule has 0 radical (unpaired) electrons. The second-order valence-corrected chi connectivity index (χ2v) is 6.96. The van der Waals surface area contributed by atoms with E-state index >= 15 is 0 Å². The molecule has 3 atom stereocenters. The lowest BCUT2D eigenvalue weighted by Crippen LogP contribution is -2.50. The fraction of sp³-hybridized carbons (Fsp3) is 0.611. The van der Waals surface area contributed by atoms with E-state index in [0.29, 0.717) is 11.3 Å². The van der Waals surface area contributed by atoms with Gasteiger partial charge < -0.3 is 10.0 Å². The van der Waals surface area contributed by atoms with Gasteiger partial charge in [0.25, 0.3) is 5.91 Å². The first-order valence-corrected chi connectivity index (χ1v) is 8.42. The van der Waals surface area contributed by atoms with Crippen molar-refractivity contribution < 1.29 is 9.90 Å². The van der Waals surface area contributed by atoms with Crippen molar-refractivity contribution in [2.75, 3.05) is 6.54 Å². The Bertz CT molecular complexity index is 618. The third-order valence-corrected chi connectivity index (χ3v) is 5.38. The molecule has 2 heterocycles. The molecule has 0 spiro atoms. The topological polar surface area (TPSA) is 77.2 Å². The molecule has 1 amide bonds. The van der Waals surface area contributed by atoms with Crippen molar-refractivity contribution in [1.29, 1.82) is 5.26 Å². The van der Waals surface area contributed by atoms with Crippen molar-refractivity contribution in [2.45, 2.75) is 57.1 Å². The molecule has 122 valence electrons. The zero-order chi connectivity index (χ0) is 16.4. The van der Waals surface area contributed by atoms with Gasteiger partial charge in [-0.2, -0.15) is 5.26 Å². The Balaban J connectivity index is 1.80. The summed E-state index contributed by atoms with van der Waals surface area (Å²) in [7, 11) is 0. The van der Waals surface area contributed by atoms with E-state index in [9.17, 15) is 9.90 Å². The first-order chi connectivity index (χ1) is 11.0. The maximum atomic E-state index is 12.8. The number of rotatable bonds is 2. The van der Waals surface area contributed by atoms with Crippen LogP contribution < -0.4 is 0 Å². The largest absolute Gasteiger partial charge is 0.390 e. The van der Waals surface area contributed by atoms with Gasteiger partial charge in [-0.15, -0.1) is 0 Å². The molecule has 1 saturated heterocycles. The molecule has 0 bridgehead atoms. The zero-order valence-electron chi connectivity index (χ0n) is 13.5. The maximum Gasteiger partial charge on any atom is 0.272 e. The van der Waals surface area contributed by atoms with Gasteiger partial charge in [0.2, 0.25) is 0 Å². The van der Waals surface area contributed by atoms with Crippen LogP contribution in [0.5, 0.6) is 0 Å². The number of aliphatic hydroxyl groups is 1. The molecule has 1 aliphatic heterocycles. The molecule has 1 aromatic rings. The lowest BCUT2D eigenvalue weighted by Gasteiger charge is -2.43. The van der Waals surface area contributed by atoms with Crippen molar-refractivity contribution in [2.24, 2.45) is 5.92 Å². The first-order valence-electron chi connectivity index (χ1n) is 8.42. The van der Waals surface area contributed by atoms with Gasteiger partial charge in [-0.3, -0.25) is 4.79 Å². The van der Waals surface area contributed by atoms with E-state index in [4.69, 9.17) is 5.26 Å². The van der Waals surface area contributed by atoms with E-state index in [-0.39, 0.29) is 17.9 Å². The van der Waals surface area contributed by atoms with Gasteiger partial charge >= 0.3 is 0 Å². The van der Waals surface area contributed by atoms with Gasteiger partial charge in [0, 0.05) is 24.7 Å². The van der Waals surface area contributed by atoms with Crippen LogP contribution in [-0.4, -0.2) is 39.1 Å². The molecule has 2 aliphatic rings. The molecule has 1 aromatic heterocycles. The van der Waals surface area contributed by atoms with Gasteiger partial charge in [-0.1, -0.05) is 12.8 Å². The van der Waals surface area contributed by atoms with Gasteiger partial charge in [-0.25, -0.2) is 4.98 Å². The van der Waals surface area contributed by atoms with Crippen molar-refractivity contribution in [1.82, 2.24) is 9.88 Å². The number of likely N-dealkylation sites (tertiary alicyclic amines) is 1. The average molecular weight is 313 g/mol. The van der Waals surface area contributed by atoms with Crippen molar-refractivity contribution in [3.8, 4) is 6.07 Å². The number of carbonyl (C=O) groups excluding carboxylic acids is 1. The third-order valence-electron chi connectivity index (χ3n) is 5.38. The molecule has 3 rings (SSSR count). The predicted octanol–water partition coefficient (Wildman–Crippen LogP) is 2.50. The van der Waals surface area contributed by atoms with Gasteiger partial charge in [0.15, 0.2) is 0 Å². The highest BCUT2D eigenvalue weighted by Gasteiger charge is 2.44. The van der Waals surface area contributed by atoms with Crippen LogP contribution in [0.4, 0.5) is 0 Å². The highest BCUT2D eigenvalue weighted by molar-refractivity contribution is 5.92. The van der Waals surface area contributed by atoms with E-state index in [1.54, 1.807) is 12.1 Å². The minimum atomic E-state index is -0.691. The summed E-state index contributed by atoms with van der Waals surface area (Å²) in [4.78, 5) is 18.8. The highest BCUT2D eigenvalue weighted by atomic mass is 16.3. The zero-order valence-corrected chi connectivity index (χ0v) is 13.5. The number of nitrogens with zero attached hydrogens (tertiary/aromatic N) is 3. The number of pyridine rings is 1. The SMILES string of the molecule is CC1(O)CCCCC1C1CCCN1C(=O)c1ccc(C#N)cn1. The van der Waals surface area contributed by atoms with E-state index in [1.165, 1.54) is 6.20 Å². The van der Waals surface area contributed by atoms with Crippen molar-refractivity contribution in [3.63, 3.8) is 0 Å². The van der Waals surface area contributed by atoms with Crippen molar-refractivity contribution >= 4 is 5.91 Å². The Hall–Kier alpha value is -1.93. The van der Waals surface area contributed by atoms with Crippen LogP contribution in [0.25, 0.3) is 0 Å². The number of hydrogen-bond acceptors (Lipinski definition) is 4. The van der Waals surface area contributed by atoms with Crippen LogP contribution in [0.15, 0.2) is 18.3 Å².